The first kappa shape index (κ1) is 17.1. The largest absolute Gasteiger partial charge is 0.393 e. The standard InChI is InChI=1S/C20H27NO4/c1-11-7-13-14-4-6-25-20(14,17(24)10-21)9-16(23)18(13)19(2)5-3-12(22)8-15(11)19/h3,5,8,11,13-14,16,18,23H,4,6-7,9-10,21H2,1-2H3/t11-,13-,14?,16-,18?,19-,20?/m0/s1. The Kier molecular flexibility index (Phi) is 3.84. The molecule has 0 aromatic heterocycles. The maximum Gasteiger partial charge on any atom is 0.178 e. The summed E-state index contributed by atoms with van der Waals surface area (Å²) in [7, 11) is 0. The molecule has 1 saturated heterocycles. The van der Waals surface area contributed by atoms with Crippen molar-refractivity contribution in [3.63, 3.8) is 0 Å². The molecule has 3 N–H and O–H groups in total. The van der Waals surface area contributed by atoms with E-state index in [-0.39, 0.29) is 47.2 Å². The Morgan fingerprint density at radius 3 is 2.96 bits per heavy atom. The number of allylic oxidation sites excluding steroid dienone is 4. The fourth-order valence-corrected chi connectivity index (χ4v) is 6.40. The minimum absolute atomic E-state index is 0.00435. The number of ether oxygens (including phenoxy) is 1. The van der Waals surface area contributed by atoms with Gasteiger partial charge in [-0.2, -0.15) is 0 Å². The molecule has 0 radical (unpaired) electrons. The van der Waals surface area contributed by atoms with Crippen molar-refractivity contribution in [3.05, 3.63) is 23.8 Å². The van der Waals surface area contributed by atoms with Crippen molar-refractivity contribution in [1.82, 2.24) is 0 Å². The zero-order valence-corrected chi connectivity index (χ0v) is 14.9. The molecule has 136 valence electrons. The number of fused-ring (bicyclic) bond motifs is 5. The van der Waals surface area contributed by atoms with Gasteiger partial charge in [0.25, 0.3) is 0 Å². The number of carbonyl (C=O) groups is 2. The first-order chi connectivity index (χ1) is 11.8. The van der Waals surface area contributed by atoms with E-state index in [0.29, 0.717) is 13.0 Å². The second-order valence-electron chi connectivity index (χ2n) is 8.48. The van der Waals surface area contributed by atoms with Crippen LogP contribution >= 0.6 is 0 Å². The number of ketones is 2. The number of aliphatic hydroxyl groups excluding tert-OH is 1. The molecule has 0 aromatic carbocycles. The van der Waals surface area contributed by atoms with E-state index in [4.69, 9.17) is 10.5 Å². The van der Waals surface area contributed by atoms with Crippen LogP contribution in [0.25, 0.3) is 0 Å². The quantitative estimate of drug-likeness (QED) is 0.789. The highest BCUT2D eigenvalue weighted by molar-refractivity contribution is 6.01. The van der Waals surface area contributed by atoms with Gasteiger partial charge in [-0.1, -0.05) is 25.5 Å². The van der Waals surface area contributed by atoms with Crippen molar-refractivity contribution < 1.29 is 19.4 Å². The van der Waals surface area contributed by atoms with Crippen LogP contribution < -0.4 is 5.73 Å². The first-order valence-corrected chi connectivity index (χ1v) is 9.34. The average molecular weight is 345 g/mol. The molecule has 4 rings (SSSR count). The zero-order chi connectivity index (χ0) is 18.0. The molecule has 4 aliphatic rings. The highest BCUT2D eigenvalue weighted by Crippen LogP contribution is 2.62. The number of aliphatic hydroxyl groups is 1. The van der Waals surface area contributed by atoms with Gasteiger partial charge in [0.1, 0.15) is 5.60 Å². The molecule has 2 saturated carbocycles. The van der Waals surface area contributed by atoms with Crippen molar-refractivity contribution in [2.75, 3.05) is 13.2 Å². The van der Waals surface area contributed by atoms with E-state index in [2.05, 4.69) is 13.8 Å². The molecule has 0 bridgehead atoms. The van der Waals surface area contributed by atoms with Crippen LogP contribution in [-0.2, 0) is 14.3 Å². The van der Waals surface area contributed by atoms with E-state index >= 15 is 0 Å². The van der Waals surface area contributed by atoms with Gasteiger partial charge in [-0.05, 0) is 36.8 Å². The summed E-state index contributed by atoms with van der Waals surface area (Å²) in [5.74, 6) is 0.489. The Morgan fingerprint density at radius 1 is 1.48 bits per heavy atom. The van der Waals surface area contributed by atoms with E-state index in [0.717, 1.165) is 18.4 Å². The highest BCUT2D eigenvalue weighted by Gasteiger charge is 2.64. The van der Waals surface area contributed by atoms with Crippen LogP contribution in [0.15, 0.2) is 23.8 Å². The monoisotopic (exact) mass is 345 g/mol. The lowest BCUT2D eigenvalue weighted by Crippen LogP contribution is -2.62. The average Bonchev–Trinajstić information content (AvgIpc) is 3.00. The predicted octanol–water partition coefficient (Wildman–Crippen LogP) is 1.40. The predicted molar refractivity (Wildman–Crippen MR) is 92.6 cm³/mol. The smallest absolute Gasteiger partial charge is 0.178 e. The number of hydrogen-bond donors (Lipinski definition) is 2. The molecule has 5 nitrogen and oxygen atoms in total. The van der Waals surface area contributed by atoms with E-state index < -0.39 is 11.7 Å². The fraction of sp³-hybridized carbons (Fsp3) is 0.700. The van der Waals surface area contributed by atoms with Gasteiger partial charge in [-0.3, -0.25) is 9.59 Å². The summed E-state index contributed by atoms with van der Waals surface area (Å²) in [6.45, 7) is 4.78. The normalized spacial score (nSPS) is 48.4. The molecule has 0 spiro atoms. The second kappa shape index (κ2) is 5.60. The maximum atomic E-state index is 12.6. The van der Waals surface area contributed by atoms with Crippen molar-refractivity contribution in [2.45, 2.75) is 44.8 Å². The Bertz CT molecular complexity index is 683. The van der Waals surface area contributed by atoms with Crippen LogP contribution in [0.4, 0.5) is 0 Å². The molecule has 3 aliphatic carbocycles. The summed E-state index contributed by atoms with van der Waals surface area (Å²) >= 11 is 0. The van der Waals surface area contributed by atoms with Crippen molar-refractivity contribution in [2.24, 2.45) is 34.8 Å². The Morgan fingerprint density at radius 2 is 2.24 bits per heavy atom. The molecular formula is C20H27NO4. The van der Waals surface area contributed by atoms with Crippen LogP contribution in [-0.4, -0.2) is 41.5 Å². The van der Waals surface area contributed by atoms with E-state index in [9.17, 15) is 14.7 Å². The summed E-state index contributed by atoms with van der Waals surface area (Å²) < 4.78 is 5.96. The lowest BCUT2D eigenvalue weighted by Gasteiger charge is -2.58. The van der Waals surface area contributed by atoms with Crippen LogP contribution in [0.1, 0.15) is 33.1 Å². The van der Waals surface area contributed by atoms with Crippen LogP contribution in [0.5, 0.6) is 0 Å². The molecular weight excluding hydrogens is 318 g/mol. The van der Waals surface area contributed by atoms with Gasteiger partial charge in [0.2, 0.25) is 0 Å². The van der Waals surface area contributed by atoms with E-state index in [1.807, 2.05) is 6.08 Å². The van der Waals surface area contributed by atoms with E-state index in [1.165, 1.54) is 0 Å². The Balaban J connectivity index is 1.79. The Labute approximate surface area is 148 Å². The zero-order valence-electron chi connectivity index (χ0n) is 14.9. The topological polar surface area (TPSA) is 89.6 Å². The summed E-state index contributed by atoms with van der Waals surface area (Å²) in [5.41, 5.74) is 5.54. The van der Waals surface area contributed by atoms with Crippen LogP contribution in [0.3, 0.4) is 0 Å². The molecule has 3 fully saturated rings. The molecule has 0 amide bonds. The number of rotatable bonds is 2. The molecule has 5 heteroatoms. The third-order valence-corrected chi connectivity index (χ3v) is 7.31. The summed E-state index contributed by atoms with van der Waals surface area (Å²) in [5, 5.41) is 11.1. The van der Waals surface area contributed by atoms with E-state index in [1.54, 1.807) is 12.2 Å². The fourth-order valence-electron chi connectivity index (χ4n) is 6.40. The lowest BCUT2D eigenvalue weighted by molar-refractivity contribution is -0.172. The molecule has 25 heavy (non-hydrogen) atoms. The summed E-state index contributed by atoms with van der Waals surface area (Å²) in [6, 6.07) is 0. The molecule has 3 unspecified atom stereocenters. The number of carbonyl (C=O) groups excluding carboxylic acids is 2. The molecule has 1 aliphatic heterocycles. The number of nitrogens with two attached hydrogens (primary N) is 1. The highest BCUT2D eigenvalue weighted by atomic mass is 16.5. The summed E-state index contributed by atoms with van der Waals surface area (Å²) in [6.07, 6.45) is 6.74. The third kappa shape index (κ3) is 2.19. The number of hydrogen-bond acceptors (Lipinski definition) is 5. The molecule has 1 heterocycles. The van der Waals surface area contributed by atoms with Gasteiger partial charge in [-0.15, -0.1) is 0 Å². The molecule has 0 aromatic rings. The van der Waals surface area contributed by atoms with Crippen molar-refractivity contribution in [3.8, 4) is 0 Å². The Hall–Kier alpha value is -1.30. The van der Waals surface area contributed by atoms with Gasteiger partial charge in [-0.25, -0.2) is 0 Å². The van der Waals surface area contributed by atoms with Gasteiger partial charge in [0, 0.05) is 30.3 Å². The summed E-state index contributed by atoms with van der Waals surface area (Å²) in [4.78, 5) is 24.6. The maximum absolute atomic E-state index is 12.6. The lowest BCUT2D eigenvalue weighted by atomic mass is 9.47. The minimum Gasteiger partial charge on any atom is -0.393 e. The third-order valence-electron chi connectivity index (χ3n) is 7.31. The first-order valence-electron chi connectivity index (χ1n) is 9.34. The van der Waals surface area contributed by atoms with Gasteiger partial charge >= 0.3 is 0 Å². The van der Waals surface area contributed by atoms with Gasteiger partial charge < -0.3 is 15.6 Å². The second-order valence-corrected chi connectivity index (χ2v) is 8.48. The SMILES string of the molecule is C[C@H]1C[C@H]2C3CCOC3(C(=O)CN)C[C@H](O)C2[C@@]2(C)C=CC(=O)C=C12. The minimum atomic E-state index is -0.916. The van der Waals surface area contributed by atoms with Crippen molar-refractivity contribution >= 4 is 11.6 Å². The number of Topliss-reactive ketones (excluding diaryl/α,β-unsaturated/α-hetero) is 1. The van der Waals surface area contributed by atoms with Gasteiger partial charge in [0.05, 0.1) is 12.6 Å². The van der Waals surface area contributed by atoms with Crippen molar-refractivity contribution in [1.29, 1.82) is 0 Å². The molecule has 7 atom stereocenters. The van der Waals surface area contributed by atoms with Crippen LogP contribution in [0.2, 0.25) is 0 Å². The van der Waals surface area contributed by atoms with Crippen LogP contribution in [0, 0.1) is 29.1 Å². The van der Waals surface area contributed by atoms with Gasteiger partial charge in [0.15, 0.2) is 11.6 Å².